The second-order valence-corrected chi connectivity index (χ2v) is 7.79. The third-order valence-corrected chi connectivity index (χ3v) is 5.61. The first-order valence-corrected chi connectivity index (χ1v) is 9.66. The van der Waals surface area contributed by atoms with E-state index in [-0.39, 0.29) is 18.1 Å². The van der Waals surface area contributed by atoms with Gasteiger partial charge in [0.1, 0.15) is 6.10 Å². The third-order valence-electron chi connectivity index (χ3n) is 3.90. The molecule has 0 aliphatic carbocycles. The first-order chi connectivity index (χ1) is 11.6. The van der Waals surface area contributed by atoms with Crippen LogP contribution in [0.1, 0.15) is 27.7 Å². The molecular weight excluding hydrogens is 346 g/mol. The Labute approximate surface area is 149 Å². The number of rotatable bonds is 6. The van der Waals surface area contributed by atoms with Crippen molar-refractivity contribution in [3.8, 4) is 0 Å². The zero-order chi connectivity index (χ0) is 16.9. The van der Waals surface area contributed by atoms with Gasteiger partial charge in [-0.1, -0.05) is 0 Å². The number of carbonyl (C=O) groups is 1. The van der Waals surface area contributed by atoms with Crippen LogP contribution in [0.15, 0.2) is 10.9 Å². The molecule has 0 spiro atoms. The fourth-order valence-electron chi connectivity index (χ4n) is 2.68. The minimum absolute atomic E-state index is 0.0101. The molecule has 2 aromatic heterocycles. The lowest BCUT2D eigenvalue weighted by atomic mass is 10.1. The summed E-state index contributed by atoms with van der Waals surface area (Å²) in [4.78, 5) is 22.0. The molecule has 130 valence electrons. The molecule has 1 aliphatic rings. The average molecular weight is 367 g/mol. The van der Waals surface area contributed by atoms with Crippen molar-refractivity contribution in [1.82, 2.24) is 15.3 Å². The van der Waals surface area contributed by atoms with Crippen LogP contribution in [0.5, 0.6) is 0 Å². The highest BCUT2D eigenvalue weighted by atomic mass is 32.1. The standard InChI is InChI=1S/C16H21N3O3S2/c1-10-15(24-11(2)18-10)5-16(20)19-13-3-4-21-7-14(13)22-6-12-8-23-9-17-12/h8-9,13-14H,3-7H2,1-2H3,(H,19,20)/t13-,14-/m1/s1. The Morgan fingerprint density at radius 3 is 3.08 bits per heavy atom. The normalized spacial score (nSPS) is 20.9. The maximum Gasteiger partial charge on any atom is 0.225 e. The molecule has 0 saturated carbocycles. The molecule has 1 aliphatic heterocycles. The van der Waals surface area contributed by atoms with Crippen molar-refractivity contribution in [3.05, 3.63) is 32.2 Å². The van der Waals surface area contributed by atoms with E-state index in [2.05, 4.69) is 15.3 Å². The van der Waals surface area contributed by atoms with E-state index < -0.39 is 0 Å². The number of hydrogen-bond acceptors (Lipinski definition) is 7. The Kier molecular flexibility index (Phi) is 5.94. The Balaban J connectivity index is 1.54. The van der Waals surface area contributed by atoms with Crippen LogP contribution in [-0.4, -0.2) is 41.2 Å². The molecule has 24 heavy (non-hydrogen) atoms. The highest BCUT2D eigenvalue weighted by Gasteiger charge is 2.28. The van der Waals surface area contributed by atoms with Crippen molar-refractivity contribution in [2.75, 3.05) is 13.2 Å². The molecule has 3 rings (SSSR count). The van der Waals surface area contributed by atoms with Crippen molar-refractivity contribution in [2.24, 2.45) is 0 Å². The Bertz CT molecular complexity index is 672. The molecular formula is C16H21N3O3S2. The minimum atomic E-state index is -0.145. The van der Waals surface area contributed by atoms with Crippen molar-refractivity contribution in [1.29, 1.82) is 0 Å². The first kappa shape index (κ1) is 17.5. The largest absolute Gasteiger partial charge is 0.379 e. The molecule has 2 aromatic rings. The van der Waals surface area contributed by atoms with Gasteiger partial charge in [-0.05, 0) is 20.3 Å². The van der Waals surface area contributed by atoms with Gasteiger partial charge < -0.3 is 14.8 Å². The molecule has 1 amide bonds. The smallest absolute Gasteiger partial charge is 0.225 e. The molecule has 8 heteroatoms. The number of aryl methyl sites for hydroxylation is 2. The fraction of sp³-hybridized carbons (Fsp3) is 0.562. The molecule has 0 radical (unpaired) electrons. The number of thiazole rings is 2. The Hall–Kier alpha value is -1.35. The highest BCUT2D eigenvalue weighted by molar-refractivity contribution is 7.11. The second kappa shape index (κ2) is 8.15. The molecule has 0 unspecified atom stereocenters. The van der Waals surface area contributed by atoms with E-state index in [1.165, 1.54) is 0 Å². The van der Waals surface area contributed by atoms with Gasteiger partial charge in [-0.15, -0.1) is 22.7 Å². The zero-order valence-electron chi connectivity index (χ0n) is 13.8. The lowest BCUT2D eigenvalue weighted by Gasteiger charge is -2.32. The topological polar surface area (TPSA) is 73.3 Å². The second-order valence-electron chi connectivity index (χ2n) is 5.79. The lowest BCUT2D eigenvalue weighted by Crippen LogP contribution is -2.50. The summed E-state index contributed by atoms with van der Waals surface area (Å²) in [6.45, 7) is 5.48. The monoisotopic (exact) mass is 367 g/mol. The van der Waals surface area contributed by atoms with Gasteiger partial charge in [0.25, 0.3) is 0 Å². The molecule has 3 heterocycles. The number of nitrogens with zero attached hydrogens (tertiary/aromatic N) is 2. The zero-order valence-corrected chi connectivity index (χ0v) is 15.4. The van der Waals surface area contributed by atoms with Gasteiger partial charge in [0, 0.05) is 16.9 Å². The summed E-state index contributed by atoms with van der Waals surface area (Å²) in [6.07, 6.45) is 0.982. The first-order valence-electron chi connectivity index (χ1n) is 7.90. The predicted molar refractivity (Wildman–Crippen MR) is 93.3 cm³/mol. The van der Waals surface area contributed by atoms with Crippen molar-refractivity contribution >= 4 is 28.6 Å². The van der Waals surface area contributed by atoms with Gasteiger partial charge >= 0.3 is 0 Å². The molecule has 1 fully saturated rings. The summed E-state index contributed by atoms with van der Waals surface area (Å²) in [6, 6.07) is -0.0285. The maximum absolute atomic E-state index is 12.4. The van der Waals surface area contributed by atoms with E-state index in [1.807, 2.05) is 19.2 Å². The van der Waals surface area contributed by atoms with Crippen LogP contribution in [0.25, 0.3) is 0 Å². The Morgan fingerprint density at radius 1 is 1.50 bits per heavy atom. The number of ether oxygens (including phenoxy) is 2. The SMILES string of the molecule is Cc1nc(C)c(CC(=O)N[C@@H]2CCOC[C@H]2OCc2cscn2)s1. The van der Waals surface area contributed by atoms with Crippen LogP contribution in [0.2, 0.25) is 0 Å². The van der Waals surface area contributed by atoms with E-state index in [0.29, 0.717) is 26.2 Å². The van der Waals surface area contributed by atoms with Gasteiger partial charge in [-0.3, -0.25) is 4.79 Å². The van der Waals surface area contributed by atoms with Gasteiger partial charge in [-0.25, -0.2) is 9.97 Å². The van der Waals surface area contributed by atoms with E-state index >= 15 is 0 Å². The minimum Gasteiger partial charge on any atom is -0.379 e. The summed E-state index contributed by atoms with van der Waals surface area (Å²) in [5.41, 5.74) is 3.64. The van der Waals surface area contributed by atoms with Crippen LogP contribution >= 0.6 is 22.7 Å². The number of hydrogen-bond donors (Lipinski definition) is 1. The average Bonchev–Trinajstić information content (AvgIpc) is 3.16. The molecule has 0 bridgehead atoms. The predicted octanol–water partition coefficient (Wildman–Crippen LogP) is 2.25. The summed E-state index contributed by atoms with van der Waals surface area (Å²) >= 11 is 3.12. The van der Waals surface area contributed by atoms with Crippen LogP contribution in [0, 0.1) is 13.8 Å². The van der Waals surface area contributed by atoms with Crippen molar-refractivity contribution in [3.63, 3.8) is 0 Å². The van der Waals surface area contributed by atoms with E-state index in [9.17, 15) is 4.79 Å². The van der Waals surface area contributed by atoms with Gasteiger partial charge in [0.05, 0.1) is 47.6 Å². The van der Waals surface area contributed by atoms with Crippen LogP contribution in [0.3, 0.4) is 0 Å². The van der Waals surface area contributed by atoms with E-state index in [4.69, 9.17) is 9.47 Å². The van der Waals surface area contributed by atoms with E-state index in [1.54, 1.807) is 28.2 Å². The molecule has 1 saturated heterocycles. The molecule has 1 N–H and O–H groups in total. The summed E-state index contributed by atoms with van der Waals surface area (Å²) in [7, 11) is 0. The van der Waals surface area contributed by atoms with Crippen LogP contribution in [-0.2, 0) is 27.3 Å². The third kappa shape index (κ3) is 4.60. The summed E-state index contributed by atoms with van der Waals surface area (Å²) in [5.74, 6) is 0.0101. The molecule has 6 nitrogen and oxygen atoms in total. The van der Waals surface area contributed by atoms with Gasteiger partial charge in [-0.2, -0.15) is 0 Å². The van der Waals surface area contributed by atoms with Gasteiger partial charge in [0.15, 0.2) is 0 Å². The fourth-order valence-corrected chi connectivity index (χ4v) is 4.16. The molecule has 0 aromatic carbocycles. The lowest BCUT2D eigenvalue weighted by molar-refractivity contribution is -0.126. The summed E-state index contributed by atoms with van der Waals surface area (Å²) in [5, 5.41) is 6.06. The Morgan fingerprint density at radius 2 is 2.38 bits per heavy atom. The van der Waals surface area contributed by atoms with Crippen LogP contribution in [0.4, 0.5) is 0 Å². The number of aromatic nitrogens is 2. The number of nitrogens with one attached hydrogen (secondary N) is 1. The quantitative estimate of drug-likeness (QED) is 0.848. The van der Waals surface area contributed by atoms with Crippen molar-refractivity contribution < 1.29 is 14.3 Å². The van der Waals surface area contributed by atoms with E-state index in [0.717, 1.165) is 27.7 Å². The number of amides is 1. The van der Waals surface area contributed by atoms with Crippen molar-refractivity contribution in [2.45, 2.75) is 45.4 Å². The van der Waals surface area contributed by atoms with Gasteiger partial charge in [0.2, 0.25) is 5.91 Å². The summed E-state index contributed by atoms with van der Waals surface area (Å²) < 4.78 is 11.4. The number of carbonyl (C=O) groups excluding carboxylic acids is 1. The highest BCUT2D eigenvalue weighted by Crippen LogP contribution is 2.19. The van der Waals surface area contributed by atoms with Crippen LogP contribution < -0.4 is 5.32 Å². The maximum atomic E-state index is 12.4. The molecule has 2 atom stereocenters.